The van der Waals surface area contributed by atoms with E-state index in [0.717, 1.165) is 18.4 Å². The maximum absolute atomic E-state index is 9.65. The highest BCUT2D eigenvalue weighted by atomic mass is 16.5. The Morgan fingerprint density at radius 2 is 1.72 bits per heavy atom. The van der Waals surface area contributed by atoms with Gasteiger partial charge in [-0.1, -0.05) is 29.8 Å². The second-order valence-electron chi connectivity index (χ2n) is 4.76. The topological polar surface area (TPSA) is 49.7 Å². The molecule has 0 fully saturated rings. The Labute approximate surface area is 109 Å². The van der Waals surface area contributed by atoms with Crippen LogP contribution in [0, 0.1) is 6.92 Å². The average Bonchev–Trinajstić information content (AvgIpc) is 2.41. The van der Waals surface area contributed by atoms with E-state index >= 15 is 0 Å². The van der Waals surface area contributed by atoms with Crippen LogP contribution in [0.15, 0.2) is 24.3 Å². The van der Waals surface area contributed by atoms with Crippen LogP contribution in [0.3, 0.4) is 0 Å². The number of benzene rings is 1. The van der Waals surface area contributed by atoms with Crippen molar-refractivity contribution in [1.29, 1.82) is 0 Å². The molecule has 2 N–H and O–H groups in total. The smallest absolute Gasteiger partial charge is 0.0550 e. The maximum atomic E-state index is 9.65. The Morgan fingerprint density at radius 1 is 1.11 bits per heavy atom. The summed E-state index contributed by atoms with van der Waals surface area (Å²) in [6.07, 6.45) is 1.56. The minimum atomic E-state index is -0.551. The highest BCUT2D eigenvalue weighted by Crippen LogP contribution is 2.29. The molecule has 0 amide bonds. The Balaban J connectivity index is 2.75. The normalized spacial score (nSPS) is 11.8. The molecule has 0 aliphatic rings. The molecule has 0 unspecified atom stereocenters. The van der Waals surface area contributed by atoms with Crippen LogP contribution in [0.2, 0.25) is 0 Å². The molecule has 0 saturated heterocycles. The molecular formula is C15H24O3. The van der Waals surface area contributed by atoms with Gasteiger partial charge in [-0.05, 0) is 32.3 Å². The molecule has 0 heterocycles. The second kappa shape index (κ2) is 7.52. The predicted octanol–water partition coefficient (Wildman–Crippen LogP) is 2.03. The van der Waals surface area contributed by atoms with Gasteiger partial charge >= 0.3 is 0 Å². The Kier molecular flexibility index (Phi) is 6.33. The first-order valence-corrected chi connectivity index (χ1v) is 6.55. The number of hydrogen-bond donors (Lipinski definition) is 2. The molecule has 0 bridgehead atoms. The summed E-state index contributed by atoms with van der Waals surface area (Å²) in [7, 11) is 0. The van der Waals surface area contributed by atoms with Gasteiger partial charge in [0.15, 0.2) is 0 Å². The first-order valence-electron chi connectivity index (χ1n) is 6.55. The van der Waals surface area contributed by atoms with Gasteiger partial charge in [0.05, 0.1) is 13.2 Å². The predicted molar refractivity (Wildman–Crippen MR) is 72.8 cm³/mol. The highest BCUT2D eigenvalue weighted by molar-refractivity contribution is 5.29. The number of rotatable bonds is 8. The largest absolute Gasteiger partial charge is 0.395 e. The Morgan fingerprint density at radius 3 is 2.22 bits per heavy atom. The van der Waals surface area contributed by atoms with Crippen LogP contribution in [-0.4, -0.2) is 36.6 Å². The van der Waals surface area contributed by atoms with Crippen molar-refractivity contribution in [1.82, 2.24) is 0 Å². The third-order valence-electron chi connectivity index (χ3n) is 3.42. The first kappa shape index (κ1) is 15.2. The summed E-state index contributed by atoms with van der Waals surface area (Å²) in [5.74, 6) is 0. The Bertz CT molecular complexity index is 328. The maximum Gasteiger partial charge on any atom is 0.0550 e. The summed E-state index contributed by atoms with van der Waals surface area (Å²) in [6.45, 7) is 5.28. The lowest BCUT2D eigenvalue weighted by Crippen LogP contribution is -2.35. The van der Waals surface area contributed by atoms with Gasteiger partial charge in [-0.15, -0.1) is 0 Å². The third kappa shape index (κ3) is 3.80. The molecular weight excluding hydrogens is 228 g/mol. The van der Waals surface area contributed by atoms with E-state index in [-0.39, 0.29) is 13.2 Å². The highest BCUT2D eigenvalue weighted by Gasteiger charge is 2.30. The van der Waals surface area contributed by atoms with Crippen molar-refractivity contribution in [2.45, 2.75) is 32.1 Å². The number of aliphatic hydroxyl groups excluding tert-OH is 2. The molecule has 0 saturated carbocycles. The van der Waals surface area contributed by atoms with E-state index in [9.17, 15) is 10.2 Å². The van der Waals surface area contributed by atoms with Gasteiger partial charge in [0.25, 0.3) is 0 Å². The number of aliphatic hydroxyl groups is 2. The summed E-state index contributed by atoms with van der Waals surface area (Å²) in [4.78, 5) is 0. The zero-order chi connectivity index (χ0) is 13.4. The van der Waals surface area contributed by atoms with Crippen molar-refractivity contribution in [3.8, 4) is 0 Å². The molecule has 0 aliphatic heterocycles. The van der Waals surface area contributed by atoms with E-state index in [2.05, 4.69) is 0 Å². The zero-order valence-electron chi connectivity index (χ0n) is 11.4. The number of ether oxygens (including phenoxy) is 1. The fourth-order valence-corrected chi connectivity index (χ4v) is 2.10. The molecule has 3 heteroatoms. The summed E-state index contributed by atoms with van der Waals surface area (Å²) in [5, 5.41) is 19.3. The molecule has 0 atom stereocenters. The fourth-order valence-electron chi connectivity index (χ4n) is 2.10. The molecule has 0 aliphatic carbocycles. The van der Waals surface area contributed by atoms with Crippen molar-refractivity contribution >= 4 is 0 Å². The quantitative estimate of drug-likeness (QED) is 0.696. The monoisotopic (exact) mass is 252 g/mol. The third-order valence-corrected chi connectivity index (χ3v) is 3.42. The molecule has 102 valence electrons. The average molecular weight is 252 g/mol. The van der Waals surface area contributed by atoms with Gasteiger partial charge in [-0.25, -0.2) is 0 Å². The number of hydrogen-bond acceptors (Lipinski definition) is 3. The van der Waals surface area contributed by atoms with Gasteiger partial charge in [-0.3, -0.25) is 0 Å². The lowest BCUT2D eigenvalue weighted by atomic mass is 9.78. The van der Waals surface area contributed by atoms with Crippen LogP contribution in [-0.2, 0) is 10.2 Å². The summed E-state index contributed by atoms with van der Waals surface area (Å²) >= 11 is 0. The van der Waals surface area contributed by atoms with Crippen molar-refractivity contribution in [3.63, 3.8) is 0 Å². The second-order valence-corrected chi connectivity index (χ2v) is 4.76. The van der Waals surface area contributed by atoms with Crippen LogP contribution >= 0.6 is 0 Å². The van der Waals surface area contributed by atoms with Crippen molar-refractivity contribution < 1.29 is 14.9 Å². The molecule has 18 heavy (non-hydrogen) atoms. The molecule has 0 radical (unpaired) electrons. The SMILES string of the molecule is CCOCCCC(CO)(CO)c1ccc(C)cc1. The van der Waals surface area contributed by atoms with Gasteiger partial charge in [-0.2, -0.15) is 0 Å². The lowest BCUT2D eigenvalue weighted by Gasteiger charge is -2.30. The summed E-state index contributed by atoms with van der Waals surface area (Å²) < 4.78 is 5.31. The minimum absolute atomic E-state index is 0.0430. The van der Waals surface area contributed by atoms with E-state index in [1.54, 1.807) is 0 Å². The van der Waals surface area contributed by atoms with Crippen LogP contribution in [0.4, 0.5) is 0 Å². The van der Waals surface area contributed by atoms with Gasteiger partial charge in [0.1, 0.15) is 0 Å². The number of aryl methyl sites for hydroxylation is 1. The van der Waals surface area contributed by atoms with E-state index in [1.165, 1.54) is 5.56 Å². The first-order chi connectivity index (χ1) is 8.68. The van der Waals surface area contributed by atoms with E-state index in [0.29, 0.717) is 13.2 Å². The summed E-state index contributed by atoms with van der Waals surface area (Å²) in [6, 6.07) is 8.00. The molecule has 1 aromatic rings. The molecule has 0 aromatic heterocycles. The minimum Gasteiger partial charge on any atom is -0.395 e. The van der Waals surface area contributed by atoms with Crippen molar-refractivity contribution in [2.24, 2.45) is 0 Å². The van der Waals surface area contributed by atoms with E-state index in [1.807, 2.05) is 38.1 Å². The molecule has 1 rings (SSSR count). The zero-order valence-corrected chi connectivity index (χ0v) is 11.4. The van der Waals surface area contributed by atoms with E-state index in [4.69, 9.17) is 4.74 Å². The van der Waals surface area contributed by atoms with Crippen LogP contribution in [0.25, 0.3) is 0 Å². The fraction of sp³-hybridized carbons (Fsp3) is 0.600. The lowest BCUT2D eigenvalue weighted by molar-refractivity contribution is 0.0892. The van der Waals surface area contributed by atoms with Crippen molar-refractivity contribution in [3.05, 3.63) is 35.4 Å². The molecule has 0 spiro atoms. The molecule has 3 nitrogen and oxygen atoms in total. The standard InChI is InChI=1S/C15H24O3/c1-3-18-10-4-9-15(11-16,12-17)14-7-5-13(2)6-8-14/h5-8,16-17H,3-4,9-12H2,1-2H3. The van der Waals surface area contributed by atoms with Gasteiger partial charge in [0.2, 0.25) is 0 Å². The van der Waals surface area contributed by atoms with E-state index < -0.39 is 5.41 Å². The van der Waals surface area contributed by atoms with Crippen molar-refractivity contribution in [2.75, 3.05) is 26.4 Å². The van der Waals surface area contributed by atoms with Gasteiger partial charge < -0.3 is 14.9 Å². The molecule has 1 aromatic carbocycles. The summed E-state index contributed by atoms with van der Waals surface area (Å²) in [5.41, 5.74) is 1.62. The van der Waals surface area contributed by atoms with Crippen LogP contribution in [0.1, 0.15) is 30.9 Å². The van der Waals surface area contributed by atoms with Crippen LogP contribution < -0.4 is 0 Å². The Hall–Kier alpha value is -0.900. The van der Waals surface area contributed by atoms with Crippen LogP contribution in [0.5, 0.6) is 0 Å². The van der Waals surface area contributed by atoms with Gasteiger partial charge in [0, 0.05) is 18.6 Å².